The van der Waals surface area contributed by atoms with E-state index in [4.69, 9.17) is 4.98 Å². The third-order valence-corrected chi connectivity index (χ3v) is 6.92. The highest BCUT2D eigenvalue weighted by atomic mass is 32.1. The molecule has 1 aliphatic heterocycles. The van der Waals surface area contributed by atoms with Crippen LogP contribution in [0.4, 0.5) is 10.3 Å². The SMILES string of the molecule is O=C(Nc1nc2ccccc2s1)C1CCCN(c2nc3ccccc3s2)C1. The molecule has 3 heterocycles. The van der Waals surface area contributed by atoms with E-state index in [1.165, 1.54) is 16.0 Å². The van der Waals surface area contributed by atoms with E-state index in [2.05, 4.69) is 21.3 Å². The van der Waals surface area contributed by atoms with Gasteiger partial charge in [-0.25, -0.2) is 9.97 Å². The number of hydrogen-bond acceptors (Lipinski definition) is 6. The maximum absolute atomic E-state index is 12.8. The third kappa shape index (κ3) is 3.28. The molecule has 5 nitrogen and oxygen atoms in total. The molecule has 1 saturated heterocycles. The van der Waals surface area contributed by atoms with Crippen LogP contribution in [0, 0.1) is 5.92 Å². The van der Waals surface area contributed by atoms with Crippen molar-refractivity contribution >= 4 is 59.3 Å². The molecule has 2 aromatic carbocycles. The fraction of sp³-hybridized carbons (Fsp3) is 0.250. The molecule has 0 bridgehead atoms. The standard InChI is InChI=1S/C20H18N4OS2/c25-18(23-19-21-14-7-1-3-9-16(14)26-19)13-6-5-11-24(12-13)20-22-15-8-2-4-10-17(15)27-20/h1-4,7-10,13H,5-6,11-12H2,(H,21,23,25). The summed E-state index contributed by atoms with van der Waals surface area (Å²) in [5, 5.41) is 4.71. The molecule has 0 aliphatic carbocycles. The van der Waals surface area contributed by atoms with Gasteiger partial charge in [-0.3, -0.25) is 4.79 Å². The van der Waals surface area contributed by atoms with Crippen molar-refractivity contribution in [3.05, 3.63) is 48.5 Å². The fourth-order valence-corrected chi connectivity index (χ4v) is 5.36. The molecule has 1 atom stereocenters. The molecule has 0 saturated carbocycles. The molecule has 5 rings (SSSR count). The number of piperidine rings is 1. The van der Waals surface area contributed by atoms with Crippen molar-refractivity contribution in [2.45, 2.75) is 12.8 Å². The summed E-state index contributed by atoms with van der Waals surface area (Å²) in [5.41, 5.74) is 1.95. The van der Waals surface area contributed by atoms with E-state index in [-0.39, 0.29) is 11.8 Å². The summed E-state index contributed by atoms with van der Waals surface area (Å²) in [6.45, 7) is 1.65. The summed E-state index contributed by atoms with van der Waals surface area (Å²) in [6.07, 6.45) is 1.89. The molecule has 7 heteroatoms. The highest BCUT2D eigenvalue weighted by Gasteiger charge is 2.28. The van der Waals surface area contributed by atoms with Gasteiger partial charge >= 0.3 is 0 Å². The highest BCUT2D eigenvalue weighted by molar-refractivity contribution is 7.22. The zero-order valence-electron chi connectivity index (χ0n) is 14.6. The van der Waals surface area contributed by atoms with E-state index in [0.29, 0.717) is 11.7 Å². The van der Waals surface area contributed by atoms with E-state index < -0.39 is 0 Å². The second-order valence-corrected chi connectivity index (χ2v) is 8.77. The number of aromatic nitrogens is 2. The molecule has 2 aromatic heterocycles. The normalized spacial score (nSPS) is 17.5. The van der Waals surface area contributed by atoms with Crippen LogP contribution in [0.5, 0.6) is 0 Å². The number of benzene rings is 2. The van der Waals surface area contributed by atoms with E-state index >= 15 is 0 Å². The molecule has 0 spiro atoms. The van der Waals surface area contributed by atoms with Gasteiger partial charge in [0.2, 0.25) is 5.91 Å². The van der Waals surface area contributed by atoms with E-state index in [1.54, 1.807) is 11.3 Å². The minimum absolute atomic E-state index is 0.0437. The molecular formula is C20H18N4OS2. The van der Waals surface area contributed by atoms with Crippen LogP contribution in [0.25, 0.3) is 20.4 Å². The van der Waals surface area contributed by atoms with Crippen molar-refractivity contribution in [1.82, 2.24) is 9.97 Å². The first-order valence-electron chi connectivity index (χ1n) is 9.03. The van der Waals surface area contributed by atoms with Crippen molar-refractivity contribution in [2.24, 2.45) is 5.92 Å². The first-order chi connectivity index (χ1) is 13.3. The minimum atomic E-state index is -0.0437. The Kier molecular flexibility index (Phi) is 4.26. The largest absolute Gasteiger partial charge is 0.347 e. The Labute approximate surface area is 164 Å². The van der Waals surface area contributed by atoms with Crippen molar-refractivity contribution in [3.8, 4) is 0 Å². The van der Waals surface area contributed by atoms with Crippen LogP contribution >= 0.6 is 22.7 Å². The molecule has 0 radical (unpaired) electrons. The molecule has 1 N–H and O–H groups in total. The Bertz CT molecular complexity index is 1050. The van der Waals surface area contributed by atoms with Crippen molar-refractivity contribution < 1.29 is 4.79 Å². The molecule has 1 aliphatic rings. The summed E-state index contributed by atoms with van der Waals surface area (Å²) < 4.78 is 2.28. The number of thiazole rings is 2. The number of carbonyl (C=O) groups excluding carboxylic acids is 1. The van der Waals surface area contributed by atoms with Gasteiger partial charge in [-0.15, -0.1) is 0 Å². The third-order valence-electron chi connectivity index (χ3n) is 4.87. The number of anilines is 2. The first kappa shape index (κ1) is 16.6. The monoisotopic (exact) mass is 394 g/mol. The van der Waals surface area contributed by atoms with Crippen LogP contribution in [0.3, 0.4) is 0 Å². The summed E-state index contributed by atoms with van der Waals surface area (Å²) in [4.78, 5) is 24.3. The van der Waals surface area contributed by atoms with Gasteiger partial charge in [-0.2, -0.15) is 0 Å². The Hall–Kier alpha value is -2.51. The van der Waals surface area contributed by atoms with Gasteiger partial charge in [0.15, 0.2) is 10.3 Å². The lowest BCUT2D eigenvalue weighted by Gasteiger charge is -2.31. The molecule has 1 unspecified atom stereocenters. The number of nitrogens with zero attached hydrogens (tertiary/aromatic N) is 3. The summed E-state index contributed by atoms with van der Waals surface area (Å²) >= 11 is 3.22. The summed E-state index contributed by atoms with van der Waals surface area (Å²) in [7, 11) is 0. The van der Waals surface area contributed by atoms with Gasteiger partial charge < -0.3 is 10.2 Å². The average Bonchev–Trinajstić information content (AvgIpc) is 3.31. The zero-order valence-corrected chi connectivity index (χ0v) is 16.2. The minimum Gasteiger partial charge on any atom is -0.347 e. The van der Waals surface area contributed by atoms with Gasteiger partial charge in [-0.05, 0) is 37.1 Å². The van der Waals surface area contributed by atoms with Gasteiger partial charge in [0.25, 0.3) is 0 Å². The quantitative estimate of drug-likeness (QED) is 0.544. The number of rotatable bonds is 3. The average molecular weight is 395 g/mol. The zero-order chi connectivity index (χ0) is 18.2. The van der Waals surface area contributed by atoms with Gasteiger partial charge in [0.05, 0.1) is 26.4 Å². The topological polar surface area (TPSA) is 58.1 Å². The van der Waals surface area contributed by atoms with Crippen molar-refractivity contribution in [2.75, 3.05) is 23.3 Å². The van der Waals surface area contributed by atoms with Gasteiger partial charge in [0, 0.05) is 13.1 Å². The number of hydrogen-bond donors (Lipinski definition) is 1. The van der Waals surface area contributed by atoms with Crippen molar-refractivity contribution in [1.29, 1.82) is 0 Å². The van der Waals surface area contributed by atoms with Crippen molar-refractivity contribution in [3.63, 3.8) is 0 Å². The van der Waals surface area contributed by atoms with Gasteiger partial charge in [0.1, 0.15) is 0 Å². The number of para-hydroxylation sites is 2. The lowest BCUT2D eigenvalue weighted by Crippen LogP contribution is -2.40. The maximum Gasteiger partial charge on any atom is 0.231 e. The van der Waals surface area contributed by atoms with Crippen LogP contribution < -0.4 is 10.2 Å². The molecule has 27 heavy (non-hydrogen) atoms. The lowest BCUT2D eigenvalue weighted by molar-refractivity contribution is -0.120. The Morgan fingerprint density at radius 2 is 1.70 bits per heavy atom. The number of amides is 1. The Morgan fingerprint density at radius 1 is 1.00 bits per heavy atom. The van der Waals surface area contributed by atoms with Crippen LogP contribution in [-0.4, -0.2) is 29.0 Å². The maximum atomic E-state index is 12.8. The highest BCUT2D eigenvalue weighted by Crippen LogP contribution is 2.32. The van der Waals surface area contributed by atoms with Crippen LogP contribution in [0.1, 0.15) is 12.8 Å². The second kappa shape index (κ2) is 6.90. The predicted molar refractivity (Wildman–Crippen MR) is 113 cm³/mol. The Morgan fingerprint density at radius 3 is 2.44 bits per heavy atom. The fourth-order valence-electron chi connectivity index (χ4n) is 3.49. The summed E-state index contributed by atoms with van der Waals surface area (Å²) in [6, 6.07) is 16.1. The number of nitrogens with one attached hydrogen (secondary N) is 1. The van der Waals surface area contributed by atoms with E-state index in [1.807, 2.05) is 42.5 Å². The summed E-state index contributed by atoms with van der Waals surface area (Å²) in [5.74, 6) is 0.0117. The van der Waals surface area contributed by atoms with Gasteiger partial charge in [-0.1, -0.05) is 46.9 Å². The first-order valence-corrected chi connectivity index (χ1v) is 10.7. The van der Waals surface area contributed by atoms with Crippen LogP contribution in [0.2, 0.25) is 0 Å². The van der Waals surface area contributed by atoms with E-state index in [9.17, 15) is 4.79 Å². The molecule has 1 amide bonds. The Balaban J connectivity index is 1.31. The molecule has 136 valence electrons. The predicted octanol–water partition coefficient (Wildman–Crippen LogP) is 4.76. The number of fused-ring (bicyclic) bond motifs is 2. The second-order valence-electron chi connectivity index (χ2n) is 6.73. The molecular weight excluding hydrogens is 376 g/mol. The van der Waals surface area contributed by atoms with E-state index in [0.717, 1.165) is 40.3 Å². The molecule has 4 aromatic rings. The smallest absolute Gasteiger partial charge is 0.231 e. The van der Waals surface area contributed by atoms with Crippen LogP contribution in [0.15, 0.2) is 48.5 Å². The number of carbonyl (C=O) groups is 1. The van der Waals surface area contributed by atoms with Crippen LogP contribution in [-0.2, 0) is 4.79 Å². The molecule has 1 fully saturated rings. The lowest BCUT2D eigenvalue weighted by atomic mass is 9.97.